The molecular weight excluding hydrogens is 236 g/mol. The summed E-state index contributed by atoms with van der Waals surface area (Å²) in [5.41, 5.74) is 1.08. The van der Waals surface area contributed by atoms with Crippen LogP contribution >= 0.6 is 11.6 Å². The van der Waals surface area contributed by atoms with Crippen molar-refractivity contribution in [3.63, 3.8) is 0 Å². The Balaban J connectivity index is 2.08. The summed E-state index contributed by atoms with van der Waals surface area (Å²) in [5.74, 6) is 2.91. The minimum Gasteiger partial charge on any atom is -0.497 e. The lowest BCUT2D eigenvalue weighted by Gasteiger charge is -2.06. The van der Waals surface area contributed by atoms with Gasteiger partial charge in [0.15, 0.2) is 0 Å². The van der Waals surface area contributed by atoms with E-state index in [0.29, 0.717) is 5.88 Å². The van der Waals surface area contributed by atoms with Crippen LogP contribution in [0.5, 0.6) is 17.2 Å². The number of benzene rings is 2. The Labute approximate surface area is 106 Å². The van der Waals surface area contributed by atoms with Gasteiger partial charge in [-0.2, -0.15) is 0 Å². The van der Waals surface area contributed by atoms with E-state index in [9.17, 15) is 0 Å². The number of methoxy groups -OCH3 is 1. The maximum absolute atomic E-state index is 5.72. The quantitative estimate of drug-likeness (QED) is 0.754. The fourth-order valence-corrected chi connectivity index (χ4v) is 1.60. The largest absolute Gasteiger partial charge is 0.497 e. The van der Waals surface area contributed by atoms with E-state index >= 15 is 0 Å². The maximum atomic E-state index is 5.72. The highest BCUT2D eigenvalue weighted by Crippen LogP contribution is 2.24. The smallest absolute Gasteiger partial charge is 0.127 e. The van der Waals surface area contributed by atoms with Gasteiger partial charge in [0.1, 0.15) is 17.2 Å². The standard InChI is InChI=1S/C14H13ClO2/c1-16-12-6-8-14(9-7-12)17-13-4-2-11(10-15)3-5-13/h2-9H,10H2,1H3. The lowest BCUT2D eigenvalue weighted by atomic mass is 10.2. The Hall–Kier alpha value is -1.67. The molecular formula is C14H13ClO2. The molecule has 0 saturated carbocycles. The summed E-state index contributed by atoms with van der Waals surface area (Å²) in [6.45, 7) is 0. The zero-order valence-electron chi connectivity index (χ0n) is 9.52. The van der Waals surface area contributed by atoms with Gasteiger partial charge in [-0.25, -0.2) is 0 Å². The van der Waals surface area contributed by atoms with Gasteiger partial charge in [0.05, 0.1) is 7.11 Å². The molecule has 0 N–H and O–H groups in total. The fourth-order valence-electron chi connectivity index (χ4n) is 1.43. The molecule has 0 amide bonds. The van der Waals surface area contributed by atoms with Crippen LogP contribution in [0.2, 0.25) is 0 Å². The summed E-state index contributed by atoms with van der Waals surface area (Å²) in [5, 5.41) is 0. The number of ether oxygens (including phenoxy) is 2. The van der Waals surface area contributed by atoms with Crippen molar-refractivity contribution in [2.75, 3.05) is 7.11 Å². The second-order valence-electron chi connectivity index (χ2n) is 3.56. The zero-order chi connectivity index (χ0) is 12.1. The maximum Gasteiger partial charge on any atom is 0.127 e. The SMILES string of the molecule is COc1ccc(Oc2ccc(CCl)cc2)cc1. The molecule has 3 heteroatoms. The van der Waals surface area contributed by atoms with Gasteiger partial charge < -0.3 is 9.47 Å². The lowest BCUT2D eigenvalue weighted by Crippen LogP contribution is -1.86. The van der Waals surface area contributed by atoms with E-state index in [-0.39, 0.29) is 0 Å². The molecule has 2 aromatic carbocycles. The lowest BCUT2D eigenvalue weighted by molar-refractivity contribution is 0.413. The molecule has 2 nitrogen and oxygen atoms in total. The Morgan fingerprint density at radius 2 is 1.29 bits per heavy atom. The normalized spacial score (nSPS) is 10.0. The predicted octanol–water partition coefficient (Wildman–Crippen LogP) is 4.23. The molecule has 0 aliphatic heterocycles. The van der Waals surface area contributed by atoms with Gasteiger partial charge >= 0.3 is 0 Å². The molecule has 0 heterocycles. The van der Waals surface area contributed by atoms with Gasteiger partial charge in [-0.15, -0.1) is 11.6 Å². The van der Waals surface area contributed by atoms with Crippen LogP contribution in [0.3, 0.4) is 0 Å². The highest BCUT2D eigenvalue weighted by Gasteiger charge is 1.98. The molecule has 17 heavy (non-hydrogen) atoms. The summed E-state index contributed by atoms with van der Waals surface area (Å²) < 4.78 is 10.8. The summed E-state index contributed by atoms with van der Waals surface area (Å²) >= 11 is 5.72. The third-order valence-corrected chi connectivity index (χ3v) is 2.68. The average Bonchev–Trinajstić information content (AvgIpc) is 2.40. The van der Waals surface area contributed by atoms with Crippen LogP contribution in [0.25, 0.3) is 0 Å². The molecule has 0 spiro atoms. The van der Waals surface area contributed by atoms with E-state index in [2.05, 4.69) is 0 Å². The van der Waals surface area contributed by atoms with Crippen LogP contribution in [0.1, 0.15) is 5.56 Å². The van der Waals surface area contributed by atoms with E-state index in [1.165, 1.54) is 0 Å². The van der Waals surface area contributed by atoms with Crippen molar-refractivity contribution in [1.82, 2.24) is 0 Å². The number of hydrogen-bond acceptors (Lipinski definition) is 2. The van der Waals surface area contributed by atoms with Crippen molar-refractivity contribution in [3.8, 4) is 17.2 Å². The predicted molar refractivity (Wildman–Crippen MR) is 69.1 cm³/mol. The van der Waals surface area contributed by atoms with Crippen molar-refractivity contribution in [1.29, 1.82) is 0 Å². The van der Waals surface area contributed by atoms with Gasteiger partial charge in [-0.05, 0) is 42.0 Å². The van der Waals surface area contributed by atoms with E-state index < -0.39 is 0 Å². The first-order chi connectivity index (χ1) is 8.31. The van der Waals surface area contributed by atoms with Crippen LogP contribution in [0.15, 0.2) is 48.5 Å². The fraction of sp³-hybridized carbons (Fsp3) is 0.143. The number of alkyl halides is 1. The first kappa shape index (κ1) is 11.8. The minimum absolute atomic E-state index is 0.517. The monoisotopic (exact) mass is 248 g/mol. The van der Waals surface area contributed by atoms with E-state index in [4.69, 9.17) is 21.1 Å². The van der Waals surface area contributed by atoms with Gasteiger partial charge in [-0.1, -0.05) is 12.1 Å². The molecule has 2 rings (SSSR count). The van der Waals surface area contributed by atoms with E-state index in [1.807, 2.05) is 48.5 Å². The Bertz CT molecular complexity index is 417. The molecule has 0 aromatic heterocycles. The Morgan fingerprint density at radius 3 is 1.76 bits per heavy atom. The number of hydrogen-bond donors (Lipinski definition) is 0. The molecule has 2 aromatic rings. The molecule has 0 atom stereocenters. The summed E-state index contributed by atoms with van der Waals surface area (Å²) in [4.78, 5) is 0. The van der Waals surface area contributed by atoms with E-state index in [0.717, 1.165) is 22.8 Å². The van der Waals surface area contributed by atoms with Crippen molar-refractivity contribution in [2.24, 2.45) is 0 Å². The highest BCUT2D eigenvalue weighted by atomic mass is 35.5. The molecule has 88 valence electrons. The zero-order valence-corrected chi connectivity index (χ0v) is 10.3. The van der Waals surface area contributed by atoms with Crippen LogP contribution in [0.4, 0.5) is 0 Å². The summed E-state index contributed by atoms with van der Waals surface area (Å²) in [6, 6.07) is 15.2. The third kappa shape index (κ3) is 3.14. The number of halogens is 1. The van der Waals surface area contributed by atoms with Crippen LogP contribution < -0.4 is 9.47 Å². The second-order valence-corrected chi connectivity index (χ2v) is 3.82. The Morgan fingerprint density at radius 1 is 0.824 bits per heavy atom. The first-order valence-corrected chi connectivity index (χ1v) is 5.82. The molecule has 0 bridgehead atoms. The molecule has 0 unspecified atom stereocenters. The topological polar surface area (TPSA) is 18.5 Å². The summed E-state index contributed by atoms with van der Waals surface area (Å²) in [7, 11) is 1.64. The van der Waals surface area contributed by atoms with Gasteiger partial charge in [0.2, 0.25) is 0 Å². The minimum atomic E-state index is 0.517. The average molecular weight is 249 g/mol. The second kappa shape index (κ2) is 5.60. The van der Waals surface area contributed by atoms with Crippen molar-refractivity contribution >= 4 is 11.6 Å². The Kier molecular flexibility index (Phi) is 3.89. The van der Waals surface area contributed by atoms with Crippen molar-refractivity contribution in [2.45, 2.75) is 5.88 Å². The van der Waals surface area contributed by atoms with Crippen molar-refractivity contribution < 1.29 is 9.47 Å². The van der Waals surface area contributed by atoms with Crippen LogP contribution in [0, 0.1) is 0 Å². The van der Waals surface area contributed by atoms with Gasteiger partial charge in [0, 0.05) is 5.88 Å². The molecule has 0 aliphatic rings. The van der Waals surface area contributed by atoms with Crippen LogP contribution in [-0.4, -0.2) is 7.11 Å². The van der Waals surface area contributed by atoms with Crippen molar-refractivity contribution in [3.05, 3.63) is 54.1 Å². The van der Waals surface area contributed by atoms with Gasteiger partial charge in [-0.3, -0.25) is 0 Å². The molecule has 0 radical (unpaired) electrons. The molecule has 0 fully saturated rings. The molecule has 0 saturated heterocycles. The summed E-state index contributed by atoms with van der Waals surface area (Å²) in [6.07, 6.45) is 0. The number of rotatable bonds is 4. The van der Waals surface area contributed by atoms with Crippen LogP contribution in [-0.2, 0) is 5.88 Å². The highest BCUT2D eigenvalue weighted by molar-refractivity contribution is 6.17. The molecule has 0 aliphatic carbocycles. The van der Waals surface area contributed by atoms with Gasteiger partial charge in [0.25, 0.3) is 0 Å². The first-order valence-electron chi connectivity index (χ1n) is 5.28. The third-order valence-electron chi connectivity index (χ3n) is 2.37. The van der Waals surface area contributed by atoms with E-state index in [1.54, 1.807) is 7.11 Å².